The molecule has 3 heterocycles. The predicted octanol–water partition coefficient (Wildman–Crippen LogP) is 1.10. The van der Waals surface area contributed by atoms with E-state index in [1.807, 2.05) is 11.8 Å². The van der Waals surface area contributed by atoms with E-state index in [1.165, 1.54) is 22.7 Å². The fraction of sp³-hybridized carbons (Fsp3) is 0.519. The first kappa shape index (κ1) is 32.8. The van der Waals surface area contributed by atoms with Gasteiger partial charge in [-0.15, -0.1) is 5.10 Å². The molecule has 16 nitrogen and oxygen atoms in total. The topological polar surface area (TPSA) is 191 Å². The molecule has 17 heteroatoms. The fourth-order valence-corrected chi connectivity index (χ4v) is 6.55. The number of sulfonamides is 1. The number of aromatic amines is 1. The number of benzene rings is 1. The van der Waals surface area contributed by atoms with Gasteiger partial charge in [-0.2, -0.15) is 9.14 Å². The van der Waals surface area contributed by atoms with Gasteiger partial charge in [-0.1, -0.05) is 18.5 Å². The van der Waals surface area contributed by atoms with E-state index in [0.29, 0.717) is 60.6 Å². The quantitative estimate of drug-likeness (QED) is 0.123. The number of aliphatic hydroxyl groups is 1. The number of H-pyrrole nitrogens is 1. The smallest absolute Gasteiger partial charge is 0.475 e. The molecular formula is C27H38N7O9S+. The Bertz CT molecular complexity index is 1660. The van der Waals surface area contributed by atoms with Crippen LogP contribution in [0.2, 0.25) is 0 Å². The highest BCUT2D eigenvalue weighted by atomic mass is 32.2. The average molecular weight is 637 g/mol. The van der Waals surface area contributed by atoms with Gasteiger partial charge >= 0.3 is 5.09 Å². The van der Waals surface area contributed by atoms with Crippen molar-refractivity contribution in [3.05, 3.63) is 50.3 Å². The van der Waals surface area contributed by atoms with Gasteiger partial charge in [0.15, 0.2) is 12.4 Å². The third kappa shape index (κ3) is 7.18. The summed E-state index contributed by atoms with van der Waals surface area (Å²) in [7, 11) is -3.92. The van der Waals surface area contributed by atoms with Crippen molar-refractivity contribution in [2.24, 2.45) is 5.16 Å². The first-order valence-corrected chi connectivity index (χ1v) is 15.8. The number of nitrogens with zero attached hydrogens (tertiary/aromatic N) is 6. The second-order valence-electron chi connectivity index (χ2n) is 10.00. The Morgan fingerprint density at radius 2 is 1.93 bits per heavy atom. The highest BCUT2D eigenvalue weighted by Gasteiger charge is 2.30. The zero-order valence-corrected chi connectivity index (χ0v) is 25.7. The number of aromatic nitrogens is 3. The molecule has 0 unspecified atom stereocenters. The first-order chi connectivity index (χ1) is 21.1. The van der Waals surface area contributed by atoms with Crippen LogP contribution in [0.3, 0.4) is 0 Å². The summed E-state index contributed by atoms with van der Waals surface area (Å²) in [6.07, 6.45) is 2.83. The molecule has 0 saturated carbocycles. The SMILES string of the molecule is CCCc1c(/C=N/OCCO)c(C)c2c(=O)[nH]c(-c3cc(S(=O)(=O)N4CCN(CCO[N+](=O)O)CC4)ccc3OCC)nn12. The predicted molar refractivity (Wildman–Crippen MR) is 158 cm³/mol. The summed E-state index contributed by atoms with van der Waals surface area (Å²) >= 11 is 0. The number of hydrogen-bond donors (Lipinski definition) is 3. The van der Waals surface area contributed by atoms with Crippen molar-refractivity contribution in [1.29, 1.82) is 0 Å². The lowest BCUT2D eigenvalue weighted by atomic mass is 10.1. The zero-order chi connectivity index (χ0) is 31.9. The Balaban J connectivity index is 1.71. The highest BCUT2D eigenvalue weighted by molar-refractivity contribution is 7.89. The van der Waals surface area contributed by atoms with Crippen molar-refractivity contribution in [2.45, 2.75) is 38.5 Å². The summed E-state index contributed by atoms with van der Waals surface area (Å²) in [4.78, 5) is 38.2. The molecule has 44 heavy (non-hydrogen) atoms. The van der Waals surface area contributed by atoms with Gasteiger partial charge < -0.3 is 19.7 Å². The van der Waals surface area contributed by atoms with Crippen LogP contribution in [0.4, 0.5) is 0 Å². The molecule has 0 amide bonds. The second-order valence-corrected chi connectivity index (χ2v) is 11.9. The van der Waals surface area contributed by atoms with Crippen LogP contribution in [0.15, 0.2) is 33.0 Å². The summed E-state index contributed by atoms with van der Waals surface area (Å²) in [5, 5.41) is 25.6. The third-order valence-corrected chi connectivity index (χ3v) is 9.09. The molecule has 0 bridgehead atoms. The van der Waals surface area contributed by atoms with Crippen LogP contribution in [-0.2, 0) is 26.1 Å². The van der Waals surface area contributed by atoms with Crippen LogP contribution in [0.25, 0.3) is 16.9 Å². The van der Waals surface area contributed by atoms with E-state index >= 15 is 0 Å². The van der Waals surface area contributed by atoms with Crippen molar-refractivity contribution in [2.75, 3.05) is 59.2 Å². The Labute approximate surface area is 254 Å². The molecule has 1 aliphatic heterocycles. The number of nitrogens with one attached hydrogen (secondary N) is 1. The Morgan fingerprint density at radius 1 is 1.18 bits per heavy atom. The minimum Gasteiger partial charge on any atom is -0.493 e. The number of hydrogen-bond acceptors (Lipinski definition) is 11. The monoisotopic (exact) mass is 636 g/mol. The molecule has 0 spiro atoms. The highest BCUT2D eigenvalue weighted by Crippen LogP contribution is 2.32. The van der Waals surface area contributed by atoms with Crippen LogP contribution >= 0.6 is 0 Å². The van der Waals surface area contributed by atoms with Gasteiger partial charge in [0.1, 0.15) is 22.8 Å². The number of fused-ring (bicyclic) bond motifs is 1. The van der Waals surface area contributed by atoms with Gasteiger partial charge in [-0.25, -0.2) is 18.1 Å². The molecular weight excluding hydrogens is 598 g/mol. The standard InChI is InChI=1S/C27H37N7O9S/c1-4-6-23-22(18-28-42-16-14-35)19(3)25-27(36)29-26(30-33(23)25)21-17-20(7-8-24(21)41-5-2)44(39,40)32-11-9-31(10-12-32)13-15-43-34(37)38/h7-8,17-18,35H,4-6,9-16H2,1-3H3,(H-,29,30,36,37,38)/p+1/b28-18+. The number of aryl methyl sites for hydroxylation is 2. The van der Waals surface area contributed by atoms with E-state index in [9.17, 15) is 18.1 Å². The number of rotatable bonds is 15. The van der Waals surface area contributed by atoms with E-state index < -0.39 is 20.7 Å². The van der Waals surface area contributed by atoms with Crippen LogP contribution in [0, 0.1) is 11.8 Å². The number of oxime groups is 1. The summed E-state index contributed by atoms with van der Waals surface area (Å²) in [5.74, 6) is 0.492. The molecule has 1 aromatic carbocycles. The maximum Gasteiger partial charge on any atom is 0.475 e. The number of ether oxygens (including phenoxy) is 1. The number of aliphatic hydroxyl groups excluding tert-OH is 1. The lowest BCUT2D eigenvalue weighted by Crippen LogP contribution is -2.49. The largest absolute Gasteiger partial charge is 0.493 e. The van der Waals surface area contributed by atoms with Crippen molar-refractivity contribution in [3.63, 3.8) is 0 Å². The summed E-state index contributed by atoms with van der Waals surface area (Å²) in [6.45, 7) is 7.29. The number of piperazine rings is 1. The van der Waals surface area contributed by atoms with Crippen molar-refractivity contribution >= 4 is 21.8 Å². The van der Waals surface area contributed by atoms with Crippen LogP contribution in [-0.4, -0.2) is 113 Å². The molecule has 0 aliphatic carbocycles. The van der Waals surface area contributed by atoms with Crippen molar-refractivity contribution < 1.29 is 38.2 Å². The Kier molecular flexibility index (Phi) is 10.9. The molecule has 240 valence electrons. The summed E-state index contributed by atoms with van der Waals surface area (Å²) in [5.41, 5.74) is 2.28. The van der Waals surface area contributed by atoms with Gasteiger partial charge in [-0.3, -0.25) is 9.69 Å². The van der Waals surface area contributed by atoms with Crippen LogP contribution in [0.5, 0.6) is 5.75 Å². The minimum absolute atomic E-state index is 0.0177. The maximum absolute atomic E-state index is 13.7. The average Bonchev–Trinajstić information content (AvgIpc) is 3.26. The van der Waals surface area contributed by atoms with Crippen molar-refractivity contribution in [1.82, 2.24) is 23.8 Å². The van der Waals surface area contributed by atoms with Gasteiger partial charge in [0.05, 0.1) is 35.6 Å². The molecule has 1 aliphatic rings. The second kappa shape index (κ2) is 14.6. The van der Waals surface area contributed by atoms with Gasteiger partial charge in [-0.05, 0) is 44.0 Å². The normalized spacial score (nSPS) is 14.8. The first-order valence-electron chi connectivity index (χ1n) is 14.3. The van der Waals surface area contributed by atoms with E-state index in [2.05, 4.69) is 15.0 Å². The molecule has 1 saturated heterocycles. The van der Waals surface area contributed by atoms with Crippen LogP contribution < -0.4 is 10.3 Å². The zero-order valence-electron chi connectivity index (χ0n) is 24.9. The lowest BCUT2D eigenvalue weighted by molar-refractivity contribution is -0.975. The third-order valence-electron chi connectivity index (χ3n) is 7.19. The summed E-state index contributed by atoms with van der Waals surface area (Å²) < 4.78 is 36.1. The van der Waals surface area contributed by atoms with Gasteiger partial charge in [0, 0.05) is 38.3 Å². The molecule has 1 fully saturated rings. The van der Waals surface area contributed by atoms with E-state index in [4.69, 9.17) is 25.0 Å². The van der Waals surface area contributed by atoms with E-state index in [0.717, 1.165) is 12.1 Å². The van der Waals surface area contributed by atoms with Crippen LogP contribution in [0.1, 0.15) is 37.1 Å². The van der Waals surface area contributed by atoms with Crippen molar-refractivity contribution in [3.8, 4) is 17.1 Å². The van der Waals surface area contributed by atoms with E-state index in [1.54, 1.807) is 24.4 Å². The molecule has 3 N–H and O–H groups in total. The van der Waals surface area contributed by atoms with Gasteiger partial charge in [0.25, 0.3) is 5.56 Å². The fourth-order valence-electron chi connectivity index (χ4n) is 5.10. The Morgan fingerprint density at radius 3 is 2.59 bits per heavy atom. The van der Waals surface area contributed by atoms with Gasteiger partial charge in [0.2, 0.25) is 10.0 Å². The summed E-state index contributed by atoms with van der Waals surface area (Å²) in [6, 6.07) is 4.47. The molecule has 4 rings (SSSR count). The Hall–Kier alpha value is -4.06. The maximum atomic E-state index is 13.7. The molecule has 0 atom stereocenters. The lowest BCUT2D eigenvalue weighted by Gasteiger charge is -2.33. The molecule has 0 radical (unpaired) electrons. The molecule has 2 aromatic heterocycles. The van der Waals surface area contributed by atoms with E-state index in [-0.39, 0.29) is 43.6 Å². The molecule has 3 aromatic rings. The minimum atomic E-state index is -3.92.